The van der Waals surface area contributed by atoms with E-state index in [9.17, 15) is 0 Å². The molecule has 0 aromatic heterocycles. The Bertz CT molecular complexity index is 486. The van der Waals surface area contributed by atoms with Crippen molar-refractivity contribution in [2.24, 2.45) is 23.7 Å². The van der Waals surface area contributed by atoms with Crippen molar-refractivity contribution >= 4 is 5.69 Å². The van der Waals surface area contributed by atoms with Gasteiger partial charge < -0.3 is 10.1 Å². The lowest BCUT2D eigenvalue weighted by Crippen LogP contribution is -2.34. The number of benzene rings is 1. The van der Waals surface area contributed by atoms with Crippen LogP contribution in [0.3, 0.4) is 0 Å². The van der Waals surface area contributed by atoms with Gasteiger partial charge in [-0.2, -0.15) is 0 Å². The van der Waals surface area contributed by atoms with Crippen molar-refractivity contribution in [3.8, 4) is 5.75 Å². The lowest BCUT2D eigenvalue weighted by atomic mass is 9.79. The van der Waals surface area contributed by atoms with Crippen LogP contribution in [0.2, 0.25) is 0 Å². The van der Waals surface area contributed by atoms with Gasteiger partial charge in [-0.05, 0) is 68.4 Å². The third kappa shape index (κ3) is 1.92. The van der Waals surface area contributed by atoms with Gasteiger partial charge in [-0.15, -0.1) is 0 Å². The molecule has 3 fully saturated rings. The zero-order chi connectivity index (χ0) is 13.5. The number of ether oxygens (including phenoxy) is 1. The van der Waals surface area contributed by atoms with Crippen molar-refractivity contribution in [3.63, 3.8) is 0 Å². The van der Waals surface area contributed by atoms with Crippen LogP contribution in [0.25, 0.3) is 0 Å². The predicted molar refractivity (Wildman–Crippen MR) is 82.1 cm³/mol. The van der Waals surface area contributed by atoms with Crippen molar-refractivity contribution in [1.29, 1.82) is 0 Å². The number of hydrogen-bond donors (Lipinski definition) is 1. The van der Waals surface area contributed by atoms with Gasteiger partial charge in [0.15, 0.2) is 0 Å². The van der Waals surface area contributed by atoms with Crippen LogP contribution in [0.15, 0.2) is 24.3 Å². The fraction of sp³-hybridized carbons (Fsp3) is 0.667. The summed E-state index contributed by atoms with van der Waals surface area (Å²) < 4.78 is 5.75. The van der Waals surface area contributed by atoms with Gasteiger partial charge in [-0.25, -0.2) is 0 Å². The summed E-state index contributed by atoms with van der Waals surface area (Å²) in [5.74, 6) is 5.03. The molecule has 1 N–H and O–H groups in total. The summed E-state index contributed by atoms with van der Waals surface area (Å²) >= 11 is 0. The summed E-state index contributed by atoms with van der Waals surface area (Å²) in [6, 6.07) is 9.10. The van der Waals surface area contributed by atoms with Crippen molar-refractivity contribution in [1.82, 2.24) is 0 Å². The van der Waals surface area contributed by atoms with Crippen LogP contribution in [0, 0.1) is 23.7 Å². The molecule has 2 nitrogen and oxygen atoms in total. The fourth-order valence-corrected chi connectivity index (χ4v) is 5.30. The van der Waals surface area contributed by atoms with E-state index in [4.69, 9.17) is 4.74 Å². The Morgan fingerprint density at radius 1 is 1.10 bits per heavy atom. The molecule has 0 spiro atoms. The van der Waals surface area contributed by atoms with E-state index in [-0.39, 0.29) is 0 Å². The zero-order valence-corrected chi connectivity index (χ0v) is 12.3. The number of rotatable bonds is 4. The van der Waals surface area contributed by atoms with Crippen LogP contribution in [0.1, 0.15) is 39.0 Å². The van der Waals surface area contributed by atoms with Gasteiger partial charge in [0.05, 0.1) is 12.3 Å². The van der Waals surface area contributed by atoms with Crippen LogP contribution in [-0.2, 0) is 0 Å². The second kappa shape index (κ2) is 4.98. The molecule has 0 aliphatic heterocycles. The Morgan fingerprint density at radius 3 is 2.85 bits per heavy atom. The molecule has 5 atom stereocenters. The maximum Gasteiger partial charge on any atom is 0.142 e. The van der Waals surface area contributed by atoms with Crippen molar-refractivity contribution < 1.29 is 4.74 Å². The first kappa shape index (κ1) is 12.6. The van der Waals surface area contributed by atoms with Crippen LogP contribution >= 0.6 is 0 Å². The van der Waals surface area contributed by atoms with Crippen LogP contribution in [-0.4, -0.2) is 12.6 Å². The summed E-state index contributed by atoms with van der Waals surface area (Å²) in [5.41, 5.74) is 1.20. The first-order valence-corrected chi connectivity index (χ1v) is 8.35. The summed E-state index contributed by atoms with van der Waals surface area (Å²) in [6.45, 7) is 2.79. The van der Waals surface area contributed by atoms with Gasteiger partial charge >= 0.3 is 0 Å². The van der Waals surface area contributed by atoms with Gasteiger partial charge in [0.2, 0.25) is 0 Å². The summed E-state index contributed by atoms with van der Waals surface area (Å²) in [6.07, 6.45) is 7.33. The average Bonchev–Trinajstić information content (AvgIpc) is 3.13. The second-order valence-electron chi connectivity index (χ2n) is 6.83. The van der Waals surface area contributed by atoms with Crippen molar-refractivity contribution in [2.45, 2.75) is 45.1 Å². The molecule has 4 rings (SSSR count). The molecule has 2 heteroatoms. The number of nitrogens with one attached hydrogen (secondary N) is 1. The van der Waals surface area contributed by atoms with Gasteiger partial charge in [-0.1, -0.05) is 18.6 Å². The van der Waals surface area contributed by atoms with Crippen LogP contribution in [0.4, 0.5) is 5.69 Å². The lowest BCUT2D eigenvalue weighted by molar-refractivity contribution is 0.242. The highest BCUT2D eigenvalue weighted by molar-refractivity contribution is 5.57. The maximum atomic E-state index is 5.75. The number of para-hydroxylation sites is 2. The van der Waals surface area contributed by atoms with E-state index in [2.05, 4.69) is 36.5 Å². The van der Waals surface area contributed by atoms with Gasteiger partial charge in [-0.3, -0.25) is 0 Å². The highest BCUT2D eigenvalue weighted by atomic mass is 16.5. The predicted octanol–water partition coefficient (Wildman–Crippen LogP) is 4.32. The first-order valence-electron chi connectivity index (χ1n) is 8.35. The molecular weight excluding hydrogens is 246 g/mol. The van der Waals surface area contributed by atoms with E-state index in [0.717, 1.165) is 36.0 Å². The molecule has 5 unspecified atom stereocenters. The summed E-state index contributed by atoms with van der Waals surface area (Å²) in [7, 11) is 0. The van der Waals surface area contributed by atoms with E-state index in [0.29, 0.717) is 6.04 Å². The molecule has 0 heterocycles. The molecule has 1 aromatic carbocycles. The zero-order valence-electron chi connectivity index (χ0n) is 12.3. The molecule has 3 aliphatic rings. The van der Waals surface area contributed by atoms with E-state index < -0.39 is 0 Å². The molecule has 108 valence electrons. The topological polar surface area (TPSA) is 21.3 Å². The lowest BCUT2D eigenvalue weighted by Gasteiger charge is -2.33. The normalized spacial score (nSPS) is 38.0. The molecule has 0 radical (unpaired) electrons. The fourth-order valence-electron chi connectivity index (χ4n) is 5.30. The smallest absolute Gasteiger partial charge is 0.142 e. The Hall–Kier alpha value is -1.18. The third-order valence-electron chi connectivity index (χ3n) is 5.96. The van der Waals surface area contributed by atoms with Crippen molar-refractivity contribution in [2.75, 3.05) is 11.9 Å². The Morgan fingerprint density at radius 2 is 1.95 bits per heavy atom. The maximum absolute atomic E-state index is 5.75. The Kier molecular flexibility index (Phi) is 3.13. The van der Waals surface area contributed by atoms with E-state index in [1.54, 1.807) is 0 Å². The van der Waals surface area contributed by atoms with Crippen LogP contribution in [0.5, 0.6) is 5.75 Å². The van der Waals surface area contributed by atoms with E-state index in [1.807, 2.05) is 0 Å². The molecule has 20 heavy (non-hydrogen) atoms. The Balaban J connectivity index is 1.51. The van der Waals surface area contributed by atoms with Gasteiger partial charge in [0.25, 0.3) is 0 Å². The van der Waals surface area contributed by atoms with E-state index >= 15 is 0 Å². The highest BCUT2D eigenvalue weighted by Crippen LogP contribution is 2.59. The van der Waals surface area contributed by atoms with Gasteiger partial charge in [0, 0.05) is 6.04 Å². The third-order valence-corrected chi connectivity index (χ3v) is 5.96. The number of hydrogen-bond acceptors (Lipinski definition) is 2. The van der Waals surface area contributed by atoms with Crippen molar-refractivity contribution in [3.05, 3.63) is 24.3 Å². The SMILES string of the molecule is CCOc1ccccc1NC1CC2CC1C1CCCC21. The minimum absolute atomic E-state index is 0.681. The minimum atomic E-state index is 0.681. The largest absolute Gasteiger partial charge is 0.492 e. The summed E-state index contributed by atoms with van der Waals surface area (Å²) in [5, 5.41) is 3.81. The first-order chi connectivity index (χ1) is 9.86. The number of fused-ring (bicyclic) bond motifs is 5. The molecule has 0 saturated heterocycles. The Labute approximate surface area is 121 Å². The van der Waals surface area contributed by atoms with E-state index in [1.165, 1.54) is 37.8 Å². The molecule has 0 amide bonds. The molecule has 3 saturated carbocycles. The van der Waals surface area contributed by atoms with Crippen LogP contribution < -0.4 is 10.1 Å². The number of anilines is 1. The minimum Gasteiger partial charge on any atom is -0.492 e. The highest BCUT2D eigenvalue weighted by Gasteiger charge is 2.53. The molecular formula is C18H25NO. The summed E-state index contributed by atoms with van der Waals surface area (Å²) in [4.78, 5) is 0. The average molecular weight is 271 g/mol. The second-order valence-corrected chi connectivity index (χ2v) is 6.83. The van der Waals surface area contributed by atoms with Gasteiger partial charge in [0.1, 0.15) is 5.75 Å². The standard InChI is InChI=1S/C18H25NO/c1-2-20-18-9-4-3-8-16(18)19-17-11-12-10-15(17)14-7-5-6-13(12)14/h3-4,8-9,12-15,17,19H,2,5-7,10-11H2,1H3. The quantitative estimate of drug-likeness (QED) is 0.880. The monoisotopic (exact) mass is 271 g/mol. The molecule has 3 aliphatic carbocycles. The molecule has 1 aromatic rings. The molecule has 2 bridgehead atoms.